The molecule has 5 heteroatoms. The van der Waals surface area contributed by atoms with Crippen molar-refractivity contribution in [1.82, 2.24) is 4.90 Å². The molecule has 0 aromatic rings. The molecular formula is C10H16N2O3. The fourth-order valence-corrected chi connectivity index (χ4v) is 1.50. The number of hydrogen-bond acceptors (Lipinski definition) is 4. The summed E-state index contributed by atoms with van der Waals surface area (Å²) in [6, 6.07) is 2.00. The second-order valence-electron chi connectivity index (χ2n) is 3.51. The highest BCUT2D eigenvalue weighted by atomic mass is 16.5. The molecule has 84 valence electrons. The van der Waals surface area contributed by atoms with Gasteiger partial charge in [-0.25, -0.2) is 0 Å². The average molecular weight is 212 g/mol. The summed E-state index contributed by atoms with van der Waals surface area (Å²) in [5.74, 6) is 0.0481. The quantitative estimate of drug-likeness (QED) is 0.660. The molecule has 1 fully saturated rings. The van der Waals surface area contributed by atoms with E-state index in [2.05, 4.69) is 0 Å². The van der Waals surface area contributed by atoms with Crippen molar-refractivity contribution in [2.24, 2.45) is 0 Å². The number of amides is 1. The molecule has 15 heavy (non-hydrogen) atoms. The second-order valence-corrected chi connectivity index (χ2v) is 3.51. The third kappa shape index (κ3) is 3.86. The minimum absolute atomic E-state index is 0.0481. The molecule has 1 saturated heterocycles. The van der Waals surface area contributed by atoms with E-state index < -0.39 is 6.10 Å². The number of hydrogen-bond donors (Lipinski definition) is 1. The van der Waals surface area contributed by atoms with E-state index in [1.165, 1.54) is 0 Å². The summed E-state index contributed by atoms with van der Waals surface area (Å²) in [7, 11) is 0. The minimum atomic E-state index is -0.486. The van der Waals surface area contributed by atoms with Gasteiger partial charge in [-0.15, -0.1) is 0 Å². The molecule has 1 unspecified atom stereocenters. The highest BCUT2D eigenvalue weighted by Crippen LogP contribution is 2.07. The van der Waals surface area contributed by atoms with Gasteiger partial charge in [-0.2, -0.15) is 5.26 Å². The van der Waals surface area contributed by atoms with E-state index in [0.717, 1.165) is 0 Å². The molecular weight excluding hydrogens is 196 g/mol. The van der Waals surface area contributed by atoms with Crippen molar-refractivity contribution in [2.45, 2.75) is 25.4 Å². The molecule has 1 rings (SSSR count). The summed E-state index contributed by atoms with van der Waals surface area (Å²) >= 11 is 0. The van der Waals surface area contributed by atoms with Crippen molar-refractivity contribution in [3.8, 4) is 6.07 Å². The molecule has 5 nitrogen and oxygen atoms in total. The number of carbonyl (C=O) groups is 1. The highest BCUT2D eigenvalue weighted by molar-refractivity contribution is 5.76. The van der Waals surface area contributed by atoms with E-state index in [0.29, 0.717) is 39.0 Å². The van der Waals surface area contributed by atoms with Crippen LogP contribution in [0.2, 0.25) is 0 Å². The first kappa shape index (κ1) is 12.0. The Morgan fingerprint density at radius 1 is 1.60 bits per heavy atom. The van der Waals surface area contributed by atoms with Crippen LogP contribution >= 0.6 is 0 Å². The third-order valence-corrected chi connectivity index (χ3v) is 2.36. The number of rotatable bonds is 4. The predicted octanol–water partition coefficient (Wildman–Crippen LogP) is -0.100. The van der Waals surface area contributed by atoms with Gasteiger partial charge < -0.3 is 14.7 Å². The van der Waals surface area contributed by atoms with Gasteiger partial charge in [-0.1, -0.05) is 0 Å². The van der Waals surface area contributed by atoms with Gasteiger partial charge in [0.05, 0.1) is 19.2 Å². The summed E-state index contributed by atoms with van der Waals surface area (Å²) in [4.78, 5) is 13.3. The van der Waals surface area contributed by atoms with Gasteiger partial charge in [0.25, 0.3) is 0 Å². The van der Waals surface area contributed by atoms with Crippen LogP contribution in [0.15, 0.2) is 0 Å². The van der Waals surface area contributed by atoms with E-state index >= 15 is 0 Å². The SMILES string of the molecule is N#CC1CN(C(=O)CCCCO)CCO1. The maximum Gasteiger partial charge on any atom is 0.222 e. The largest absolute Gasteiger partial charge is 0.396 e. The fraction of sp³-hybridized carbons (Fsp3) is 0.800. The van der Waals surface area contributed by atoms with Crippen LogP contribution in [-0.2, 0) is 9.53 Å². The minimum Gasteiger partial charge on any atom is -0.396 e. The molecule has 0 bridgehead atoms. The fourth-order valence-electron chi connectivity index (χ4n) is 1.50. The van der Waals surface area contributed by atoms with Gasteiger partial charge in [0, 0.05) is 19.6 Å². The van der Waals surface area contributed by atoms with Gasteiger partial charge in [0.15, 0.2) is 6.10 Å². The van der Waals surface area contributed by atoms with E-state index in [4.69, 9.17) is 15.1 Å². The average Bonchev–Trinajstić information content (AvgIpc) is 2.29. The molecule has 1 aliphatic rings. The number of ether oxygens (including phenoxy) is 1. The molecule has 1 N–H and O–H groups in total. The maximum absolute atomic E-state index is 11.6. The molecule has 0 saturated carbocycles. The van der Waals surface area contributed by atoms with Crippen molar-refractivity contribution in [2.75, 3.05) is 26.3 Å². The number of aliphatic hydroxyl groups excluding tert-OH is 1. The zero-order chi connectivity index (χ0) is 11.1. The van der Waals surface area contributed by atoms with Gasteiger partial charge in [-0.3, -0.25) is 4.79 Å². The Hall–Kier alpha value is -1.12. The Bertz CT molecular complexity index is 250. The van der Waals surface area contributed by atoms with Gasteiger partial charge in [0.1, 0.15) is 0 Å². The molecule has 0 aliphatic carbocycles. The molecule has 0 spiro atoms. The molecule has 1 atom stereocenters. The van der Waals surface area contributed by atoms with Crippen LogP contribution in [-0.4, -0.2) is 48.3 Å². The van der Waals surface area contributed by atoms with Gasteiger partial charge >= 0.3 is 0 Å². The van der Waals surface area contributed by atoms with Crippen molar-refractivity contribution in [1.29, 1.82) is 5.26 Å². The number of carbonyl (C=O) groups excluding carboxylic acids is 1. The molecule has 0 aromatic heterocycles. The number of unbranched alkanes of at least 4 members (excludes halogenated alkanes) is 1. The van der Waals surface area contributed by atoms with E-state index in [9.17, 15) is 4.79 Å². The summed E-state index contributed by atoms with van der Waals surface area (Å²) in [5.41, 5.74) is 0. The predicted molar refractivity (Wildman–Crippen MR) is 52.9 cm³/mol. The first-order valence-corrected chi connectivity index (χ1v) is 5.17. The topological polar surface area (TPSA) is 73.6 Å². The Morgan fingerprint density at radius 3 is 3.07 bits per heavy atom. The van der Waals surface area contributed by atoms with Crippen molar-refractivity contribution < 1.29 is 14.6 Å². The Balaban J connectivity index is 2.29. The number of morpholine rings is 1. The maximum atomic E-state index is 11.6. The standard InChI is InChI=1S/C10H16N2O3/c11-7-9-8-12(4-6-15-9)10(14)3-1-2-5-13/h9,13H,1-6,8H2. The molecule has 1 amide bonds. The Morgan fingerprint density at radius 2 is 2.40 bits per heavy atom. The third-order valence-electron chi connectivity index (χ3n) is 2.36. The van der Waals surface area contributed by atoms with Crippen LogP contribution in [0.4, 0.5) is 0 Å². The van der Waals surface area contributed by atoms with E-state index in [1.807, 2.05) is 6.07 Å². The lowest BCUT2D eigenvalue weighted by Gasteiger charge is -2.29. The number of nitriles is 1. The van der Waals surface area contributed by atoms with Crippen LogP contribution in [0.25, 0.3) is 0 Å². The molecule has 1 aliphatic heterocycles. The van der Waals surface area contributed by atoms with Crippen molar-refractivity contribution >= 4 is 5.91 Å². The first-order chi connectivity index (χ1) is 7.27. The summed E-state index contributed by atoms with van der Waals surface area (Å²) in [5, 5.41) is 17.2. The zero-order valence-corrected chi connectivity index (χ0v) is 8.69. The molecule has 1 heterocycles. The van der Waals surface area contributed by atoms with Crippen molar-refractivity contribution in [3.63, 3.8) is 0 Å². The van der Waals surface area contributed by atoms with Crippen LogP contribution in [0, 0.1) is 11.3 Å². The summed E-state index contributed by atoms with van der Waals surface area (Å²) < 4.78 is 5.14. The summed E-state index contributed by atoms with van der Waals surface area (Å²) in [6.07, 6.45) is 1.31. The lowest BCUT2D eigenvalue weighted by atomic mass is 10.2. The van der Waals surface area contributed by atoms with Crippen LogP contribution in [0.1, 0.15) is 19.3 Å². The normalized spacial score (nSPS) is 21.1. The Kier molecular flexibility index (Phi) is 5.08. The van der Waals surface area contributed by atoms with Gasteiger partial charge in [-0.05, 0) is 12.8 Å². The van der Waals surface area contributed by atoms with Crippen LogP contribution in [0.5, 0.6) is 0 Å². The zero-order valence-electron chi connectivity index (χ0n) is 8.69. The monoisotopic (exact) mass is 212 g/mol. The van der Waals surface area contributed by atoms with E-state index in [1.54, 1.807) is 4.90 Å². The van der Waals surface area contributed by atoms with Crippen molar-refractivity contribution in [3.05, 3.63) is 0 Å². The van der Waals surface area contributed by atoms with E-state index in [-0.39, 0.29) is 12.5 Å². The summed E-state index contributed by atoms with van der Waals surface area (Å²) in [6.45, 7) is 1.49. The lowest BCUT2D eigenvalue weighted by Crippen LogP contribution is -2.45. The smallest absolute Gasteiger partial charge is 0.222 e. The number of nitrogens with zero attached hydrogens (tertiary/aromatic N) is 2. The second kappa shape index (κ2) is 6.38. The first-order valence-electron chi connectivity index (χ1n) is 5.17. The van der Waals surface area contributed by atoms with Gasteiger partial charge in [0.2, 0.25) is 5.91 Å². The molecule has 0 aromatic carbocycles. The Labute approximate surface area is 89.2 Å². The lowest BCUT2D eigenvalue weighted by molar-refractivity contribution is -0.137. The van der Waals surface area contributed by atoms with Crippen LogP contribution in [0.3, 0.4) is 0 Å². The van der Waals surface area contributed by atoms with Crippen LogP contribution < -0.4 is 0 Å². The highest BCUT2D eigenvalue weighted by Gasteiger charge is 2.23. The number of aliphatic hydroxyl groups is 1. The molecule has 0 radical (unpaired) electrons.